The molecule has 84 valence electrons. The molecule has 0 saturated heterocycles. The van der Waals surface area contributed by atoms with Crippen LogP contribution in [-0.4, -0.2) is 0 Å². The van der Waals surface area contributed by atoms with Crippen LogP contribution in [0.5, 0.6) is 0 Å². The molecule has 2 aliphatic rings. The zero-order valence-corrected chi connectivity index (χ0v) is 11.2. The molecule has 0 nitrogen and oxygen atoms in total. The Bertz CT molecular complexity index is 721. The van der Waals surface area contributed by atoms with E-state index >= 15 is 0 Å². The predicted molar refractivity (Wildman–Crippen MR) is 76.4 cm³/mol. The molecular formula is C16H8S2. The second-order valence-electron chi connectivity index (χ2n) is 4.96. The Labute approximate surface area is 114 Å². The molecule has 5 rings (SSSR count). The van der Waals surface area contributed by atoms with Crippen LogP contribution in [0.25, 0.3) is 20.9 Å². The first-order valence-corrected chi connectivity index (χ1v) is 7.67. The van der Waals surface area contributed by atoms with Crippen molar-refractivity contribution >= 4 is 22.7 Å². The SMILES string of the molecule is [c]1cc2c(s1)-c1cc3c(cc1C2)-c1s[c]cc1C3. The van der Waals surface area contributed by atoms with Gasteiger partial charge in [0.05, 0.1) is 0 Å². The summed E-state index contributed by atoms with van der Waals surface area (Å²) in [5.41, 5.74) is 8.80. The van der Waals surface area contributed by atoms with Crippen LogP contribution in [0, 0.1) is 10.8 Å². The molecule has 2 aliphatic carbocycles. The highest BCUT2D eigenvalue weighted by atomic mass is 32.1. The summed E-state index contributed by atoms with van der Waals surface area (Å²) in [4.78, 5) is 2.88. The third-order valence-electron chi connectivity index (χ3n) is 3.95. The molecule has 0 unspecified atom stereocenters. The van der Waals surface area contributed by atoms with Crippen molar-refractivity contribution < 1.29 is 0 Å². The lowest BCUT2D eigenvalue weighted by atomic mass is 10.0. The molecule has 0 saturated carbocycles. The first-order chi connectivity index (χ1) is 8.90. The van der Waals surface area contributed by atoms with E-state index in [0.717, 1.165) is 12.8 Å². The first-order valence-electron chi connectivity index (χ1n) is 6.04. The van der Waals surface area contributed by atoms with Crippen molar-refractivity contribution in [1.29, 1.82) is 0 Å². The molecule has 18 heavy (non-hydrogen) atoms. The van der Waals surface area contributed by atoms with Crippen LogP contribution in [0.4, 0.5) is 0 Å². The quantitative estimate of drug-likeness (QED) is 0.385. The van der Waals surface area contributed by atoms with E-state index in [1.807, 2.05) is 0 Å². The van der Waals surface area contributed by atoms with Gasteiger partial charge in [-0.05, 0) is 70.5 Å². The van der Waals surface area contributed by atoms with Crippen molar-refractivity contribution in [2.75, 3.05) is 0 Å². The summed E-state index contributed by atoms with van der Waals surface area (Å²) < 4.78 is 0. The summed E-state index contributed by atoms with van der Waals surface area (Å²) in [7, 11) is 0. The lowest BCUT2D eigenvalue weighted by Crippen LogP contribution is -1.86. The molecule has 2 heterocycles. The van der Waals surface area contributed by atoms with Crippen molar-refractivity contribution in [2.45, 2.75) is 12.8 Å². The van der Waals surface area contributed by atoms with Gasteiger partial charge in [-0.3, -0.25) is 0 Å². The number of thiophene rings is 2. The minimum absolute atomic E-state index is 1.09. The molecule has 0 aliphatic heterocycles. The van der Waals surface area contributed by atoms with Gasteiger partial charge in [0, 0.05) is 20.5 Å². The highest BCUT2D eigenvalue weighted by molar-refractivity contribution is 7.13. The first kappa shape index (κ1) is 9.54. The standard InChI is InChI=1S/C16H8S2/c1-3-17-15-9(1)5-11-7-14-12(8-13(11)15)6-10-2-4-18-16(10)14/h1-2,7-8H,5-6H2. The van der Waals surface area contributed by atoms with Crippen molar-refractivity contribution in [3.05, 3.63) is 57.3 Å². The van der Waals surface area contributed by atoms with Gasteiger partial charge in [-0.25, -0.2) is 0 Å². The van der Waals surface area contributed by atoms with E-state index in [-0.39, 0.29) is 0 Å². The number of hydrogen-bond donors (Lipinski definition) is 0. The normalized spacial score (nSPS) is 14.2. The van der Waals surface area contributed by atoms with Gasteiger partial charge in [0.1, 0.15) is 0 Å². The molecule has 0 atom stereocenters. The lowest BCUT2D eigenvalue weighted by molar-refractivity contribution is 1.24. The number of fused-ring (bicyclic) bond motifs is 6. The highest BCUT2D eigenvalue weighted by Gasteiger charge is 2.26. The summed E-state index contributed by atoms with van der Waals surface area (Å²) in [6.07, 6.45) is 2.17. The summed E-state index contributed by atoms with van der Waals surface area (Å²) in [6.45, 7) is 0. The average Bonchev–Trinajstić information content (AvgIpc) is 3.04. The maximum Gasteiger partial charge on any atom is 0.0452 e. The zero-order valence-electron chi connectivity index (χ0n) is 9.54. The van der Waals surface area contributed by atoms with E-state index in [1.54, 1.807) is 22.7 Å². The topological polar surface area (TPSA) is 0 Å². The van der Waals surface area contributed by atoms with Gasteiger partial charge >= 0.3 is 0 Å². The molecule has 0 N–H and O–H groups in total. The van der Waals surface area contributed by atoms with Crippen LogP contribution in [0.2, 0.25) is 0 Å². The Morgan fingerprint density at radius 2 is 1.22 bits per heavy atom. The van der Waals surface area contributed by atoms with E-state index in [2.05, 4.69) is 35.0 Å². The Morgan fingerprint density at radius 1 is 0.722 bits per heavy atom. The van der Waals surface area contributed by atoms with Crippen molar-refractivity contribution in [3.8, 4) is 20.9 Å². The van der Waals surface area contributed by atoms with Gasteiger partial charge in [-0.2, -0.15) is 0 Å². The largest absolute Gasteiger partial charge is 0.134 e. The summed E-state index contributed by atoms with van der Waals surface area (Å²) >= 11 is 3.52. The Morgan fingerprint density at radius 3 is 1.72 bits per heavy atom. The van der Waals surface area contributed by atoms with E-state index < -0.39 is 0 Å². The number of rotatable bonds is 0. The zero-order chi connectivity index (χ0) is 11.7. The van der Waals surface area contributed by atoms with E-state index in [9.17, 15) is 0 Å². The fraction of sp³-hybridized carbons (Fsp3) is 0.125. The summed E-state index contributed by atoms with van der Waals surface area (Å²) in [5, 5.41) is 6.52. The van der Waals surface area contributed by atoms with Crippen LogP contribution in [-0.2, 0) is 12.8 Å². The maximum absolute atomic E-state index is 3.26. The van der Waals surface area contributed by atoms with Crippen molar-refractivity contribution in [2.24, 2.45) is 0 Å². The molecule has 2 radical (unpaired) electrons. The molecule has 0 bridgehead atoms. The number of benzene rings is 1. The maximum atomic E-state index is 3.26. The monoisotopic (exact) mass is 264 g/mol. The molecule has 0 spiro atoms. The van der Waals surface area contributed by atoms with Gasteiger partial charge in [0.25, 0.3) is 0 Å². The molecule has 1 aromatic carbocycles. The van der Waals surface area contributed by atoms with Gasteiger partial charge in [-0.15, -0.1) is 22.7 Å². The van der Waals surface area contributed by atoms with Crippen molar-refractivity contribution in [1.82, 2.24) is 0 Å². The average molecular weight is 264 g/mol. The van der Waals surface area contributed by atoms with Crippen LogP contribution in [0.15, 0.2) is 24.3 Å². The molecule has 0 amide bonds. The molecule has 3 aromatic rings. The Hall–Kier alpha value is -1.38. The Kier molecular flexibility index (Phi) is 1.66. The third kappa shape index (κ3) is 1.06. The number of hydrogen-bond acceptors (Lipinski definition) is 2. The second-order valence-corrected chi connectivity index (χ2v) is 6.65. The molecule has 2 aromatic heterocycles. The minimum Gasteiger partial charge on any atom is -0.134 e. The van der Waals surface area contributed by atoms with Crippen LogP contribution in [0.3, 0.4) is 0 Å². The third-order valence-corrected chi connectivity index (χ3v) is 5.80. The van der Waals surface area contributed by atoms with E-state index in [0.29, 0.717) is 0 Å². The summed E-state index contributed by atoms with van der Waals surface area (Å²) in [5.74, 6) is 0. The Balaban J connectivity index is 1.80. The smallest absolute Gasteiger partial charge is 0.0452 e. The van der Waals surface area contributed by atoms with Crippen LogP contribution < -0.4 is 0 Å². The predicted octanol–water partition coefficient (Wildman–Crippen LogP) is 4.55. The second kappa shape index (κ2) is 3.14. The fourth-order valence-corrected chi connectivity index (χ4v) is 4.88. The fourth-order valence-electron chi connectivity index (χ4n) is 3.11. The highest BCUT2D eigenvalue weighted by Crippen LogP contribution is 2.47. The van der Waals surface area contributed by atoms with Gasteiger partial charge in [0.15, 0.2) is 0 Å². The van der Waals surface area contributed by atoms with Gasteiger partial charge in [-0.1, -0.05) is 0 Å². The molecule has 0 fully saturated rings. The summed E-state index contributed by atoms with van der Waals surface area (Å²) in [6, 6.07) is 9.12. The van der Waals surface area contributed by atoms with Crippen LogP contribution >= 0.6 is 22.7 Å². The minimum atomic E-state index is 1.09. The van der Waals surface area contributed by atoms with E-state index in [4.69, 9.17) is 0 Å². The van der Waals surface area contributed by atoms with Gasteiger partial charge in [0.2, 0.25) is 0 Å². The van der Waals surface area contributed by atoms with Crippen molar-refractivity contribution in [3.63, 3.8) is 0 Å². The van der Waals surface area contributed by atoms with Crippen LogP contribution in [0.1, 0.15) is 22.3 Å². The van der Waals surface area contributed by atoms with E-state index in [1.165, 1.54) is 43.1 Å². The molecule has 2 heteroatoms. The molecular weight excluding hydrogens is 256 g/mol. The van der Waals surface area contributed by atoms with Gasteiger partial charge < -0.3 is 0 Å². The lowest BCUT2D eigenvalue weighted by Gasteiger charge is -2.05.